The van der Waals surface area contributed by atoms with Crippen molar-refractivity contribution in [3.05, 3.63) is 29.5 Å². The Morgan fingerprint density at radius 1 is 1.17 bits per heavy atom. The van der Waals surface area contributed by atoms with Gasteiger partial charge in [0.05, 0.1) is 19.6 Å². The number of fused-ring (bicyclic) bond motifs is 1. The molecule has 1 amide bonds. The van der Waals surface area contributed by atoms with E-state index in [0.29, 0.717) is 31.1 Å². The summed E-state index contributed by atoms with van der Waals surface area (Å²) in [6.07, 6.45) is 3.65. The van der Waals surface area contributed by atoms with Gasteiger partial charge in [0.2, 0.25) is 5.91 Å². The molecule has 0 bridgehead atoms. The number of amides is 1. The highest BCUT2D eigenvalue weighted by atomic mass is 16.5. The maximum atomic E-state index is 11.4. The van der Waals surface area contributed by atoms with E-state index in [1.165, 1.54) is 6.20 Å². The lowest BCUT2D eigenvalue weighted by Gasteiger charge is -2.13. The Balaban J connectivity index is 2.43. The lowest BCUT2D eigenvalue weighted by Crippen LogP contribution is -2.11. The molecule has 0 fully saturated rings. The molecule has 0 aliphatic carbocycles. The van der Waals surface area contributed by atoms with Crippen molar-refractivity contribution in [2.45, 2.75) is 20.3 Å². The van der Waals surface area contributed by atoms with Crippen LogP contribution in [0.5, 0.6) is 11.5 Å². The molecule has 4 nitrogen and oxygen atoms in total. The van der Waals surface area contributed by atoms with Crippen LogP contribution >= 0.6 is 0 Å². The number of benzene rings is 1. The summed E-state index contributed by atoms with van der Waals surface area (Å²) in [4.78, 5) is 11.4. The molecule has 1 aromatic carbocycles. The third-order valence-electron chi connectivity index (χ3n) is 2.62. The zero-order chi connectivity index (χ0) is 13.0. The Morgan fingerprint density at radius 3 is 2.50 bits per heavy atom. The number of hydrogen-bond acceptors (Lipinski definition) is 3. The van der Waals surface area contributed by atoms with Crippen molar-refractivity contribution in [2.24, 2.45) is 0 Å². The van der Waals surface area contributed by atoms with Crippen molar-refractivity contribution in [1.82, 2.24) is 5.32 Å². The molecule has 2 rings (SSSR count). The summed E-state index contributed by atoms with van der Waals surface area (Å²) in [5, 5.41) is 3.79. The van der Waals surface area contributed by atoms with Gasteiger partial charge in [0.1, 0.15) is 0 Å². The van der Waals surface area contributed by atoms with Gasteiger partial charge in [0, 0.05) is 6.20 Å². The summed E-state index contributed by atoms with van der Waals surface area (Å²) in [6, 6.07) is 3.77. The van der Waals surface area contributed by atoms with Crippen LogP contribution < -0.4 is 14.8 Å². The van der Waals surface area contributed by atoms with E-state index >= 15 is 0 Å². The fraction of sp³-hybridized carbons (Fsp3) is 0.357. The first-order valence-electron chi connectivity index (χ1n) is 6.07. The molecule has 1 radical (unpaired) electrons. The van der Waals surface area contributed by atoms with E-state index < -0.39 is 0 Å². The maximum absolute atomic E-state index is 11.4. The molecule has 1 heterocycles. The summed E-state index contributed by atoms with van der Waals surface area (Å²) in [5.41, 5.74) is 1.88. The lowest BCUT2D eigenvalue weighted by molar-refractivity contribution is -0.119. The highest BCUT2D eigenvalue weighted by Gasteiger charge is 2.15. The van der Waals surface area contributed by atoms with Gasteiger partial charge in [-0.3, -0.25) is 4.79 Å². The smallest absolute Gasteiger partial charge is 0.250 e. The van der Waals surface area contributed by atoms with Gasteiger partial charge in [0.25, 0.3) is 0 Å². The second kappa shape index (κ2) is 5.58. The number of ether oxygens (including phenoxy) is 2. The Bertz CT molecular complexity index is 480. The summed E-state index contributed by atoms with van der Waals surface area (Å²) in [7, 11) is 0. The van der Waals surface area contributed by atoms with E-state index in [1.54, 1.807) is 0 Å². The summed E-state index contributed by atoms with van der Waals surface area (Å²) in [6.45, 7) is 4.98. The van der Waals surface area contributed by atoms with Gasteiger partial charge in [-0.1, -0.05) is 0 Å². The minimum absolute atomic E-state index is 0.142. The second-order valence-electron chi connectivity index (χ2n) is 3.88. The van der Waals surface area contributed by atoms with Crippen molar-refractivity contribution in [1.29, 1.82) is 0 Å². The van der Waals surface area contributed by atoms with Crippen LogP contribution in [0.1, 0.15) is 25.0 Å². The van der Waals surface area contributed by atoms with Gasteiger partial charge in [-0.15, -0.1) is 0 Å². The molecule has 95 valence electrons. The summed E-state index contributed by atoms with van der Waals surface area (Å²) < 4.78 is 11.1. The van der Waals surface area contributed by atoms with E-state index in [0.717, 1.165) is 11.1 Å². The van der Waals surface area contributed by atoms with Crippen LogP contribution in [0.25, 0.3) is 6.08 Å². The minimum atomic E-state index is -0.142. The van der Waals surface area contributed by atoms with Crippen LogP contribution in [-0.4, -0.2) is 19.1 Å². The van der Waals surface area contributed by atoms with E-state index in [2.05, 4.69) is 5.32 Å². The third-order valence-corrected chi connectivity index (χ3v) is 2.62. The number of rotatable bonds is 4. The largest absolute Gasteiger partial charge is 0.490 e. The standard InChI is InChI=1S/C14H16NO3/c1-3-17-12-7-10-5-6-15-14(16)9-11(10)8-13(12)18-4-2/h5-8H,3-4,9H2,1-2H3. The van der Waals surface area contributed by atoms with Crippen LogP contribution in [0.4, 0.5) is 0 Å². The molecule has 1 aromatic rings. The molecule has 4 heteroatoms. The van der Waals surface area contributed by atoms with Crippen molar-refractivity contribution in [2.75, 3.05) is 13.2 Å². The average molecular weight is 246 g/mol. The van der Waals surface area contributed by atoms with Crippen molar-refractivity contribution < 1.29 is 14.3 Å². The average Bonchev–Trinajstić information content (AvgIpc) is 2.51. The van der Waals surface area contributed by atoms with Crippen LogP contribution in [-0.2, 0) is 11.2 Å². The Labute approximate surface area is 107 Å². The normalized spacial score (nSPS) is 13.6. The van der Waals surface area contributed by atoms with Crippen LogP contribution in [0.15, 0.2) is 18.3 Å². The van der Waals surface area contributed by atoms with Crippen LogP contribution in [0.2, 0.25) is 0 Å². The number of carbonyl (C=O) groups is 1. The number of carbonyl (C=O) groups excluding carboxylic acids is 1. The zero-order valence-corrected chi connectivity index (χ0v) is 10.6. The molecule has 18 heavy (non-hydrogen) atoms. The van der Waals surface area contributed by atoms with Crippen molar-refractivity contribution in [3.63, 3.8) is 0 Å². The van der Waals surface area contributed by atoms with Crippen molar-refractivity contribution >= 4 is 12.0 Å². The van der Waals surface area contributed by atoms with Crippen molar-refractivity contribution in [3.8, 4) is 11.5 Å². The monoisotopic (exact) mass is 246 g/mol. The third kappa shape index (κ3) is 2.64. The molecule has 0 unspecified atom stereocenters. The first-order valence-corrected chi connectivity index (χ1v) is 6.07. The van der Waals surface area contributed by atoms with Crippen LogP contribution in [0, 0.1) is 0 Å². The van der Waals surface area contributed by atoms with E-state index in [-0.39, 0.29) is 5.91 Å². The molecular formula is C14H16NO3. The SMILES string of the molecule is CCOc1cc2c(cc1OCC)CC(=O)[N]C=C2. The highest BCUT2D eigenvalue weighted by Crippen LogP contribution is 2.32. The fourth-order valence-corrected chi connectivity index (χ4v) is 1.87. The number of nitrogens with zero attached hydrogens (tertiary/aromatic N) is 1. The molecule has 1 aliphatic rings. The molecule has 0 atom stereocenters. The quantitative estimate of drug-likeness (QED) is 0.817. The van der Waals surface area contributed by atoms with Crippen LogP contribution in [0.3, 0.4) is 0 Å². The molecule has 0 N–H and O–H groups in total. The van der Waals surface area contributed by atoms with E-state index in [4.69, 9.17) is 9.47 Å². The van der Waals surface area contributed by atoms with Gasteiger partial charge in [-0.25, -0.2) is 5.32 Å². The molecule has 1 aliphatic heterocycles. The predicted octanol–water partition coefficient (Wildman–Crippen LogP) is 2.14. The van der Waals surface area contributed by atoms with E-state index in [1.807, 2.05) is 32.1 Å². The topological polar surface area (TPSA) is 49.6 Å². The Hall–Kier alpha value is -1.97. The first-order chi connectivity index (χ1) is 8.74. The Morgan fingerprint density at radius 2 is 1.83 bits per heavy atom. The predicted molar refractivity (Wildman–Crippen MR) is 68.7 cm³/mol. The second-order valence-corrected chi connectivity index (χ2v) is 3.88. The lowest BCUT2D eigenvalue weighted by atomic mass is 10.0. The summed E-state index contributed by atoms with van der Waals surface area (Å²) in [5.74, 6) is 1.25. The molecule has 0 aromatic heterocycles. The first kappa shape index (κ1) is 12.5. The minimum Gasteiger partial charge on any atom is -0.490 e. The zero-order valence-electron chi connectivity index (χ0n) is 10.6. The van der Waals surface area contributed by atoms with Gasteiger partial charge in [-0.2, -0.15) is 0 Å². The van der Waals surface area contributed by atoms with Gasteiger partial charge in [-0.05, 0) is 43.2 Å². The van der Waals surface area contributed by atoms with Gasteiger partial charge >= 0.3 is 0 Å². The fourth-order valence-electron chi connectivity index (χ4n) is 1.87. The molecule has 0 saturated carbocycles. The molecule has 0 spiro atoms. The molecular weight excluding hydrogens is 230 g/mol. The highest BCUT2D eigenvalue weighted by molar-refractivity contribution is 5.83. The van der Waals surface area contributed by atoms with Gasteiger partial charge < -0.3 is 9.47 Å². The van der Waals surface area contributed by atoms with E-state index in [9.17, 15) is 4.79 Å². The van der Waals surface area contributed by atoms with Gasteiger partial charge in [0.15, 0.2) is 11.5 Å². The maximum Gasteiger partial charge on any atom is 0.250 e. The summed E-state index contributed by atoms with van der Waals surface area (Å²) >= 11 is 0. The number of hydrogen-bond donors (Lipinski definition) is 0. The Kier molecular flexibility index (Phi) is 3.87. The molecule has 0 saturated heterocycles.